The molecule has 1 aliphatic rings. The topological polar surface area (TPSA) is 58.8 Å². The Hall–Kier alpha value is -8.13. The van der Waals surface area contributed by atoms with Crippen LogP contribution in [-0.4, -0.2) is 9.97 Å². The minimum atomic E-state index is 0.656. The van der Waals surface area contributed by atoms with Gasteiger partial charge in [-0.05, 0) is 115 Å². The van der Waals surface area contributed by atoms with E-state index >= 15 is 0 Å². The van der Waals surface area contributed by atoms with Crippen LogP contribution in [0, 0.1) is 11.3 Å². The first kappa shape index (κ1) is 33.1. The smallest absolute Gasteiger partial charge is 0.160 e. The summed E-state index contributed by atoms with van der Waals surface area (Å²) >= 11 is 0. The molecule has 272 valence electrons. The van der Waals surface area contributed by atoms with Crippen molar-refractivity contribution >= 4 is 43.1 Å². The Bertz CT molecular complexity index is 3390. The van der Waals surface area contributed by atoms with Crippen LogP contribution in [0.25, 0.3) is 110 Å². The van der Waals surface area contributed by atoms with Gasteiger partial charge in [0.1, 0.15) is 11.5 Å². The van der Waals surface area contributed by atoms with E-state index in [1.807, 2.05) is 60.7 Å². The van der Waals surface area contributed by atoms with Crippen LogP contribution < -0.4 is 4.74 Å². The van der Waals surface area contributed by atoms with Gasteiger partial charge in [0.05, 0.1) is 23.0 Å². The molecule has 0 unspecified atom stereocenters. The first-order chi connectivity index (χ1) is 29.1. The third kappa shape index (κ3) is 5.37. The molecule has 0 N–H and O–H groups in total. The van der Waals surface area contributed by atoms with Crippen molar-refractivity contribution in [2.45, 2.75) is 0 Å². The summed E-state index contributed by atoms with van der Waals surface area (Å²) in [4.78, 5) is 10.2. The van der Waals surface area contributed by atoms with Crippen LogP contribution in [0.1, 0.15) is 5.56 Å². The highest BCUT2D eigenvalue weighted by Gasteiger charge is 2.22. The summed E-state index contributed by atoms with van der Waals surface area (Å²) < 4.78 is 6.46. The van der Waals surface area contributed by atoms with E-state index in [-0.39, 0.29) is 0 Å². The number of ether oxygens (including phenoxy) is 1. The molecule has 0 fully saturated rings. The number of nitrogens with zero attached hydrogens (tertiary/aromatic N) is 3. The van der Waals surface area contributed by atoms with Gasteiger partial charge in [-0.1, -0.05) is 133 Å². The lowest BCUT2D eigenvalue weighted by atomic mass is 9.89. The van der Waals surface area contributed by atoms with Crippen molar-refractivity contribution < 1.29 is 4.74 Å². The van der Waals surface area contributed by atoms with Gasteiger partial charge >= 0.3 is 0 Å². The normalized spacial score (nSPS) is 11.8. The average molecular weight is 750 g/mol. The molecule has 4 heteroatoms. The maximum absolute atomic E-state index is 9.68. The van der Waals surface area contributed by atoms with Crippen LogP contribution in [0.3, 0.4) is 0 Å². The Balaban J connectivity index is 0.890. The zero-order valence-electron chi connectivity index (χ0n) is 31.6. The molecular weight excluding hydrogens is 719 g/mol. The maximum Gasteiger partial charge on any atom is 0.160 e. The van der Waals surface area contributed by atoms with E-state index in [1.54, 1.807) is 0 Å². The van der Waals surface area contributed by atoms with E-state index in [1.165, 1.54) is 37.9 Å². The van der Waals surface area contributed by atoms with Crippen molar-refractivity contribution in [3.05, 3.63) is 194 Å². The number of nitriles is 1. The van der Waals surface area contributed by atoms with Gasteiger partial charge < -0.3 is 4.74 Å². The Labute approximate surface area is 340 Å². The lowest BCUT2D eigenvalue weighted by Crippen LogP contribution is -1.98. The van der Waals surface area contributed by atoms with Crippen molar-refractivity contribution in [1.29, 1.82) is 5.26 Å². The van der Waals surface area contributed by atoms with Crippen molar-refractivity contribution in [1.82, 2.24) is 9.97 Å². The van der Waals surface area contributed by atoms with Crippen LogP contribution in [0.15, 0.2) is 188 Å². The molecule has 11 aromatic rings. The molecule has 10 aromatic carbocycles. The lowest BCUT2D eigenvalue weighted by Gasteiger charge is -2.22. The van der Waals surface area contributed by atoms with Crippen molar-refractivity contribution in [3.63, 3.8) is 0 Å². The standard InChI is InChI=1S/C55H31N3O/c56-32-42-23-25-50-54-45(42)12-7-13-47(54)46-24-22-37(30-51(46)59-50)33-14-16-34(17-15-33)43-26-38-18-20-40-28-44(29-41-21-19-39(27-43)52(38)53(40)41)55-57-48(35-8-3-1-4-9-35)31-49(58-55)36-10-5-2-6-11-36/h1-31H. The maximum atomic E-state index is 9.68. The SMILES string of the molecule is N#Cc1ccc2c3c(cccc13)-c1ccc(-c3ccc(-c4cc5ccc6cc(-c7nc(-c8ccccc8)cc(-c8ccccc8)n7)cc7ccc(c4)c5c67)cc3)cc1O2. The third-order valence-electron chi connectivity index (χ3n) is 11.8. The number of hydrogen-bond donors (Lipinski definition) is 0. The van der Waals surface area contributed by atoms with Gasteiger partial charge in [-0.25, -0.2) is 9.97 Å². The predicted molar refractivity (Wildman–Crippen MR) is 241 cm³/mol. The van der Waals surface area contributed by atoms with E-state index in [0.29, 0.717) is 11.4 Å². The van der Waals surface area contributed by atoms with Crippen molar-refractivity contribution in [2.75, 3.05) is 0 Å². The number of benzene rings is 10. The summed E-state index contributed by atoms with van der Waals surface area (Å²) in [5.74, 6) is 2.31. The molecule has 0 amide bonds. The summed E-state index contributed by atoms with van der Waals surface area (Å²) in [6.45, 7) is 0. The summed E-state index contributed by atoms with van der Waals surface area (Å²) in [6.07, 6.45) is 0. The molecule has 0 aliphatic carbocycles. The highest BCUT2D eigenvalue weighted by atomic mass is 16.5. The largest absolute Gasteiger partial charge is 0.456 e. The second kappa shape index (κ2) is 13.0. The quantitative estimate of drug-likeness (QED) is 0.164. The van der Waals surface area contributed by atoms with Crippen LogP contribution in [-0.2, 0) is 0 Å². The minimum Gasteiger partial charge on any atom is -0.456 e. The fourth-order valence-electron chi connectivity index (χ4n) is 8.99. The molecule has 59 heavy (non-hydrogen) atoms. The van der Waals surface area contributed by atoms with Gasteiger partial charge in [0.2, 0.25) is 0 Å². The summed E-state index contributed by atoms with van der Waals surface area (Å²) in [5, 5.41) is 18.9. The van der Waals surface area contributed by atoms with Crippen molar-refractivity contribution in [3.8, 4) is 84.9 Å². The highest BCUT2D eigenvalue weighted by Crippen LogP contribution is 2.48. The van der Waals surface area contributed by atoms with Crippen molar-refractivity contribution in [2.24, 2.45) is 0 Å². The molecule has 0 atom stereocenters. The molecular formula is C55H31N3O. The number of fused-ring (bicyclic) bond motifs is 2. The molecule has 1 aliphatic heterocycles. The molecule has 1 aromatic heterocycles. The van der Waals surface area contributed by atoms with Crippen LogP contribution in [0.4, 0.5) is 0 Å². The Morgan fingerprint density at radius 2 is 0.932 bits per heavy atom. The van der Waals surface area contributed by atoms with Gasteiger partial charge in [-0.15, -0.1) is 0 Å². The molecule has 0 spiro atoms. The Morgan fingerprint density at radius 3 is 1.53 bits per heavy atom. The highest BCUT2D eigenvalue weighted by molar-refractivity contribution is 6.24. The Kier molecular flexibility index (Phi) is 7.26. The minimum absolute atomic E-state index is 0.656. The van der Waals surface area contributed by atoms with Crippen LogP contribution >= 0.6 is 0 Å². The number of aromatic nitrogens is 2. The second-order valence-electron chi connectivity index (χ2n) is 15.3. The summed E-state index contributed by atoms with van der Waals surface area (Å²) in [7, 11) is 0. The number of hydrogen-bond acceptors (Lipinski definition) is 4. The van der Waals surface area contributed by atoms with Gasteiger partial charge in [0.15, 0.2) is 5.82 Å². The summed E-state index contributed by atoms with van der Waals surface area (Å²) in [6, 6.07) is 68.2. The zero-order chi connectivity index (χ0) is 39.0. The lowest BCUT2D eigenvalue weighted by molar-refractivity contribution is 0.487. The van der Waals surface area contributed by atoms with Gasteiger partial charge in [0, 0.05) is 33.0 Å². The first-order valence-corrected chi connectivity index (χ1v) is 19.8. The van der Waals surface area contributed by atoms with Gasteiger partial charge in [0.25, 0.3) is 0 Å². The first-order valence-electron chi connectivity index (χ1n) is 19.8. The van der Waals surface area contributed by atoms with E-state index < -0.39 is 0 Å². The van der Waals surface area contributed by atoms with E-state index in [0.717, 1.165) is 78.2 Å². The summed E-state index contributed by atoms with van der Waals surface area (Å²) in [5.41, 5.74) is 12.2. The fourth-order valence-corrected chi connectivity index (χ4v) is 8.99. The number of rotatable bonds is 5. The third-order valence-corrected chi connectivity index (χ3v) is 11.8. The zero-order valence-corrected chi connectivity index (χ0v) is 31.6. The Morgan fingerprint density at radius 1 is 0.373 bits per heavy atom. The monoisotopic (exact) mass is 749 g/mol. The molecule has 0 saturated heterocycles. The second-order valence-corrected chi connectivity index (χ2v) is 15.3. The van der Waals surface area contributed by atoms with Gasteiger partial charge in [-0.3, -0.25) is 0 Å². The molecule has 0 saturated carbocycles. The van der Waals surface area contributed by atoms with E-state index in [4.69, 9.17) is 14.7 Å². The molecule has 0 bridgehead atoms. The van der Waals surface area contributed by atoms with Crippen LogP contribution in [0.2, 0.25) is 0 Å². The molecule has 12 rings (SSSR count). The van der Waals surface area contributed by atoms with E-state index in [2.05, 4.69) is 133 Å². The van der Waals surface area contributed by atoms with Gasteiger partial charge in [-0.2, -0.15) is 5.26 Å². The van der Waals surface area contributed by atoms with E-state index in [9.17, 15) is 5.26 Å². The van der Waals surface area contributed by atoms with Crippen LogP contribution in [0.5, 0.6) is 11.5 Å². The molecule has 0 radical (unpaired) electrons. The average Bonchev–Trinajstić information content (AvgIpc) is 3.31. The predicted octanol–water partition coefficient (Wildman–Crippen LogP) is 14.5. The molecule has 4 nitrogen and oxygen atoms in total. The fraction of sp³-hybridized carbons (Fsp3) is 0. The molecule has 2 heterocycles.